The standard InChI is InChI=1S/C16H20N4O3/c1-16(2,3)22-15(21)20-11-9-12(23-20)14-13(11)17-18-19(14)10-7-5-4-6-8-10/h4-8,11-14H,9H2,1-3H3/t11-,12+,13+,14-/m1/s1. The molecular formula is C16H20N4O3. The van der Waals surface area contributed by atoms with Crippen molar-refractivity contribution >= 4 is 11.8 Å². The van der Waals surface area contributed by atoms with E-state index in [0.717, 1.165) is 12.1 Å². The highest BCUT2D eigenvalue weighted by molar-refractivity contribution is 5.68. The summed E-state index contributed by atoms with van der Waals surface area (Å²) >= 11 is 0. The van der Waals surface area contributed by atoms with Crippen LogP contribution in [0.25, 0.3) is 0 Å². The number of carbonyl (C=O) groups excluding carboxylic acids is 1. The molecule has 1 saturated heterocycles. The van der Waals surface area contributed by atoms with Gasteiger partial charge in [-0.15, -0.1) is 0 Å². The summed E-state index contributed by atoms with van der Waals surface area (Å²) in [5.74, 6) is 0. The van der Waals surface area contributed by atoms with Gasteiger partial charge in [0.25, 0.3) is 0 Å². The van der Waals surface area contributed by atoms with Gasteiger partial charge in [0.15, 0.2) is 0 Å². The third kappa shape index (κ3) is 2.35. The first-order chi connectivity index (χ1) is 10.9. The van der Waals surface area contributed by atoms with Gasteiger partial charge in [-0.3, -0.25) is 4.84 Å². The highest BCUT2D eigenvalue weighted by atomic mass is 16.7. The van der Waals surface area contributed by atoms with Crippen LogP contribution in [-0.4, -0.2) is 41.0 Å². The van der Waals surface area contributed by atoms with Gasteiger partial charge in [0.2, 0.25) is 0 Å². The fourth-order valence-corrected chi connectivity index (χ4v) is 3.44. The molecule has 0 aromatic heterocycles. The Hall–Kier alpha value is -2.15. The molecule has 4 atom stereocenters. The van der Waals surface area contributed by atoms with Crippen molar-refractivity contribution in [3.05, 3.63) is 30.3 Å². The van der Waals surface area contributed by atoms with E-state index >= 15 is 0 Å². The zero-order valence-corrected chi connectivity index (χ0v) is 13.4. The number of benzene rings is 1. The van der Waals surface area contributed by atoms with Crippen LogP contribution < -0.4 is 5.01 Å². The summed E-state index contributed by atoms with van der Waals surface area (Å²) < 4.78 is 5.41. The van der Waals surface area contributed by atoms with Crippen LogP contribution in [0.4, 0.5) is 10.5 Å². The van der Waals surface area contributed by atoms with E-state index in [1.807, 2.05) is 56.1 Å². The molecule has 1 saturated carbocycles. The molecule has 0 N–H and O–H groups in total. The van der Waals surface area contributed by atoms with Crippen molar-refractivity contribution in [2.24, 2.45) is 10.3 Å². The molecule has 1 aliphatic carbocycles. The monoisotopic (exact) mass is 316 g/mol. The normalized spacial score (nSPS) is 31.6. The maximum Gasteiger partial charge on any atom is 0.434 e. The van der Waals surface area contributed by atoms with E-state index < -0.39 is 11.7 Å². The maximum atomic E-state index is 12.3. The Morgan fingerprint density at radius 2 is 2.04 bits per heavy atom. The van der Waals surface area contributed by atoms with E-state index in [4.69, 9.17) is 9.57 Å². The molecule has 0 spiro atoms. The Morgan fingerprint density at radius 3 is 2.74 bits per heavy atom. The largest absolute Gasteiger partial charge is 0.442 e. The van der Waals surface area contributed by atoms with Crippen molar-refractivity contribution in [1.29, 1.82) is 0 Å². The highest BCUT2D eigenvalue weighted by Gasteiger charge is 2.60. The minimum absolute atomic E-state index is 0.0427. The SMILES string of the molecule is CC(C)(C)OC(=O)N1O[C@H]2C[C@@H]1[C@@H]1N=NN(c3ccccc3)[C@@H]12. The molecule has 2 heterocycles. The number of hydroxylamine groups is 2. The van der Waals surface area contributed by atoms with Gasteiger partial charge < -0.3 is 4.74 Å². The number of nitrogens with zero attached hydrogens (tertiary/aromatic N) is 4. The number of anilines is 1. The summed E-state index contributed by atoms with van der Waals surface area (Å²) in [5, 5.41) is 11.9. The predicted molar refractivity (Wildman–Crippen MR) is 82.7 cm³/mol. The van der Waals surface area contributed by atoms with Crippen LogP contribution in [0.15, 0.2) is 40.7 Å². The van der Waals surface area contributed by atoms with Crippen molar-refractivity contribution in [3.8, 4) is 0 Å². The van der Waals surface area contributed by atoms with Crippen molar-refractivity contribution in [2.45, 2.75) is 57.0 Å². The lowest BCUT2D eigenvalue weighted by molar-refractivity contribution is -0.176. The van der Waals surface area contributed by atoms with Crippen LogP contribution in [0, 0.1) is 0 Å². The third-order valence-electron chi connectivity index (χ3n) is 4.31. The minimum Gasteiger partial charge on any atom is -0.442 e. The number of amides is 1. The van der Waals surface area contributed by atoms with E-state index in [-0.39, 0.29) is 24.2 Å². The van der Waals surface area contributed by atoms with Gasteiger partial charge in [-0.2, -0.15) is 10.2 Å². The summed E-state index contributed by atoms with van der Waals surface area (Å²) in [6.07, 6.45) is 0.209. The first-order valence-corrected chi connectivity index (χ1v) is 7.88. The summed E-state index contributed by atoms with van der Waals surface area (Å²) in [7, 11) is 0. The van der Waals surface area contributed by atoms with Crippen molar-refractivity contribution in [3.63, 3.8) is 0 Å². The van der Waals surface area contributed by atoms with Crippen molar-refractivity contribution in [2.75, 3.05) is 5.01 Å². The summed E-state index contributed by atoms with van der Waals surface area (Å²) in [6.45, 7) is 5.53. The molecule has 0 unspecified atom stereocenters. The van der Waals surface area contributed by atoms with E-state index in [9.17, 15) is 4.79 Å². The highest BCUT2D eigenvalue weighted by Crippen LogP contribution is 2.45. The molecule has 7 nitrogen and oxygen atoms in total. The lowest BCUT2D eigenvalue weighted by atomic mass is 10.1. The molecule has 3 aliphatic rings. The number of carbonyl (C=O) groups is 1. The summed E-state index contributed by atoms with van der Waals surface area (Å²) in [6, 6.07) is 9.77. The Kier molecular flexibility index (Phi) is 3.09. The second-order valence-corrected chi connectivity index (χ2v) is 7.12. The number of ether oxygens (including phenoxy) is 1. The van der Waals surface area contributed by atoms with Gasteiger partial charge in [-0.25, -0.2) is 9.80 Å². The molecule has 7 heteroatoms. The molecule has 2 aliphatic heterocycles. The average Bonchev–Trinajstić information content (AvgIpc) is 3.18. The van der Waals surface area contributed by atoms with Gasteiger partial charge in [0, 0.05) is 6.42 Å². The molecule has 1 aromatic carbocycles. The first kappa shape index (κ1) is 14.4. The van der Waals surface area contributed by atoms with Gasteiger partial charge in [-0.1, -0.05) is 23.4 Å². The summed E-state index contributed by atoms with van der Waals surface area (Å²) in [5.41, 5.74) is 0.443. The van der Waals surface area contributed by atoms with E-state index in [0.29, 0.717) is 0 Å². The Bertz CT molecular complexity index is 642. The van der Waals surface area contributed by atoms with Gasteiger partial charge >= 0.3 is 6.09 Å². The van der Waals surface area contributed by atoms with E-state index in [1.54, 1.807) is 0 Å². The molecule has 1 aromatic rings. The number of fused-ring (bicyclic) bond motifs is 5. The summed E-state index contributed by atoms with van der Waals surface area (Å²) in [4.78, 5) is 18.1. The van der Waals surface area contributed by atoms with Crippen LogP contribution in [0.5, 0.6) is 0 Å². The average molecular weight is 316 g/mol. The van der Waals surface area contributed by atoms with Gasteiger partial charge in [0.05, 0.1) is 11.7 Å². The smallest absolute Gasteiger partial charge is 0.434 e. The lowest BCUT2D eigenvalue weighted by Gasteiger charge is -2.35. The fourth-order valence-electron chi connectivity index (χ4n) is 3.44. The number of rotatable bonds is 1. The Morgan fingerprint density at radius 1 is 1.30 bits per heavy atom. The quantitative estimate of drug-likeness (QED) is 0.799. The van der Waals surface area contributed by atoms with Crippen LogP contribution >= 0.6 is 0 Å². The number of para-hydroxylation sites is 1. The number of hydrogen-bond donors (Lipinski definition) is 0. The lowest BCUT2D eigenvalue weighted by Crippen LogP contribution is -2.53. The Balaban J connectivity index is 1.51. The molecule has 1 amide bonds. The fraction of sp³-hybridized carbons (Fsp3) is 0.562. The molecule has 2 fully saturated rings. The molecular weight excluding hydrogens is 296 g/mol. The van der Waals surface area contributed by atoms with Crippen LogP contribution in [0.2, 0.25) is 0 Å². The number of hydrogen-bond acceptors (Lipinski definition) is 6. The first-order valence-electron chi connectivity index (χ1n) is 7.88. The molecule has 23 heavy (non-hydrogen) atoms. The van der Waals surface area contributed by atoms with Gasteiger partial charge in [-0.05, 0) is 32.9 Å². The minimum atomic E-state index is -0.547. The van der Waals surface area contributed by atoms with Crippen LogP contribution in [-0.2, 0) is 9.57 Å². The second kappa shape index (κ2) is 4.92. The van der Waals surface area contributed by atoms with Crippen molar-refractivity contribution in [1.82, 2.24) is 5.06 Å². The Labute approximate surface area is 134 Å². The topological polar surface area (TPSA) is 66.7 Å². The predicted octanol–water partition coefficient (Wildman–Crippen LogP) is 2.93. The molecule has 0 radical (unpaired) electrons. The molecule has 2 bridgehead atoms. The van der Waals surface area contributed by atoms with Crippen LogP contribution in [0.1, 0.15) is 27.2 Å². The molecule has 4 rings (SSSR count). The maximum absolute atomic E-state index is 12.3. The van der Waals surface area contributed by atoms with E-state index in [2.05, 4.69) is 10.3 Å². The zero-order valence-electron chi connectivity index (χ0n) is 13.4. The zero-order chi connectivity index (χ0) is 16.2. The van der Waals surface area contributed by atoms with E-state index in [1.165, 1.54) is 5.06 Å². The third-order valence-corrected chi connectivity index (χ3v) is 4.31. The second-order valence-electron chi connectivity index (χ2n) is 7.12. The van der Waals surface area contributed by atoms with Crippen LogP contribution in [0.3, 0.4) is 0 Å². The van der Waals surface area contributed by atoms with Gasteiger partial charge in [0.1, 0.15) is 23.8 Å². The van der Waals surface area contributed by atoms with Crippen molar-refractivity contribution < 1.29 is 14.4 Å². The molecule has 122 valence electrons.